The summed E-state index contributed by atoms with van der Waals surface area (Å²) in [7, 11) is -3.69. The van der Waals surface area contributed by atoms with Gasteiger partial charge in [0.2, 0.25) is 15.9 Å². The van der Waals surface area contributed by atoms with Crippen LogP contribution in [-0.4, -0.2) is 39.7 Å². The molecular formula is C18H18BrClN2O5S. The number of benzene rings is 2. The molecule has 0 saturated carbocycles. The van der Waals surface area contributed by atoms with Gasteiger partial charge in [0.25, 0.3) is 0 Å². The molecule has 0 aliphatic rings. The van der Waals surface area contributed by atoms with Crippen molar-refractivity contribution in [1.82, 2.24) is 0 Å². The van der Waals surface area contributed by atoms with Crippen LogP contribution in [0.15, 0.2) is 46.9 Å². The van der Waals surface area contributed by atoms with Crippen molar-refractivity contribution in [2.75, 3.05) is 29.0 Å². The molecule has 28 heavy (non-hydrogen) atoms. The zero-order valence-corrected chi connectivity index (χ0v) is 18.3. The second-order valence-corrected chi connectivity index (χ2v) is 8.94. The number of nitrogens with zero attached hydrogens (tertiary/aromatic N) is 1. The molecule has 0 bridgehead atoms. The number of hydrogen-bond acceptors (Lipinski definition) is 5. The maximum atomic E-state index is 12.4. The predicted molar refractivity (Wildman–Crippen MR) is 112 cm³/mol. The van der Waals surface area contributed by atoms with Gasteiger partial charge >= 0.3 is 5.97 Å². The fourth-order valence-corrected chi connectivity index (χ4v) is 3.62. The van der Waals surface area contributed by atoms with Gasteiger partial charge in [0.05, 0.1) is 29.1 Å². The molecule has 2 aromatic carbocycles. The quantitative estimate of drug-likeness (QED) is 0.599. The number of halogens is 2. The average molecular weight is 490 g/mol. The van der Waals surface area contributed by atoms with E-state index >= 15 is 0 Å². The Labute approximate surface area is 176 Å². The molecule has 0 atom stereocenters. The third kappa shape index (κ3) is 5.95. The number of rotatable bonds is 7. The third-order valence-corrected chi connectivity index (χ3v) is 5.55. The summed E-state index contributed by atoms with van der Waals surface area (Å²) in [6, 6.07) is 10.9. The van der Waals surface area contributed by atoms with Crippen LogP contribution in [0.2, 0.25) is 5.02 Å². The lowest BCUT2D eigenvalue weighted by Crippen LogP contribution is -2.37. The maximum Gasteiger partial charge on any atom is 0.339 e. The smallest absolute Gasteiger partial charge is 0.339 e. The summed E-state index contributed by atoms with van der Waals surface area (Å²) < 4.78 is 30.9. The lowest BCUT2D eigenvalue weighted by molar-refractivity contribution is -0.114. The van der Waals surface area contributed by atoms with E-state index in [0.29, 0.717) is 11.4 Å². The van der Waals surface area contributed by atoms with Crippen molar-refractivity contribution in [3.8, 4) is 0 Å². The van der Waals surface area contributed by atoms with Crippen LogP contribution in [0, 0.1) is 0 Å². The first-order chi connectivity index (χ1) is 13.1. The van der Waals surface area contributed by atoms with Gasteiger partial charge < -0.3 is 10.1 Å². The standard InChI is InChI=1S/C18H18BrClN2O5S/c1-3-27-18(24)15-10-13(6-9-16(15)20)21-17(23)11-22(28(2,25)26)14-7-4-12(19)5-8-14/h4-10H,3,11H2,1-2H3,(H,21,23). The highest BCUT2D eigenvalue weighted by Crippen LogP contribution is 2.23. The molecule has 0 aliphatic heterocycles. The maximum absolute atomic E-state index is 12.4. The molecule has 0 spiro atoms. The van der Waals surface area contributed by atoms with Crippen LogP contribution in [0.1, 0.15) is 17.3 Å². The fourth-order valence-electron chi connectivity index (χ4n) is 2.31. The minimum atomic E-state index is -3.69. The largest absolute Gasteiger partial charge is 0.462 e. The predicted octanol–water partition coefficient (Wildman–Crippen LogP) is 3.68. The van der Waals surface area contributed by atoms with E-state index in [1.54, 1.807) is 31.2 Å². The summed E-state index contributed by atoms with van der Waals surface area (Å²) in [4.78, 5) is 24.3. The SMILES string of the molecule is CCOC(=O)c1cc(NC(=O)CN(c2ccc(Br)cc2)S(C)(=O)=O)ccc1Cl. The van der Waals surface area contributed by atoms with Crippen LogP contribution in [0.25, 0.3) is 0 Å². The van der Waals surface area contributed by atoms with Crippen LogP contribution < -0.4 is 9.62 Å². The molecule has 0 radical (unpaired) electrons. The number of hydrogen-bond donors (Lipinski definition) is 1. The Kier molecular flexibility index (Phi) is 7.45. The lowest BCUT2D eigenvalue weighted by atomic mass is 10.2. The van der Waals surface area contributed by atoms with Gasteiger partial charge in [0, 0.05) is 10.2 Å². The number of anilines is 2. The molecule has 0 unspecified atom stereocenters. The number of nitrogens with one attached hydrogen (secondary N) is 1. The van der Waals surface area contributed by atoms with E-state index in [1.165, 1.54) is 18.2 Å². The second-order valence-electron chi connectivity index (χ2n) is 5.71. The topological polar surface area (TPSA) is 92.8 Å². The second kappa shape index (κ2) is 9.40. The Morgan fingerprint density at radius 2 is 1.82 bits per heavy atom. The van der Waals surface area contributed by atoms with Crippen molar-refractivity contribution in [2.24, 2.45) is 0 Å². The number of carbonyl (C=O) groups is 2. The first-order valence-corrected chi connectivity index (χ1v) is 11.1. The van der Waals surface area contributed by atoms with Gasteiger partial charge in [-0.25, -0.2) is 13.2 Å². The Morgan fingerprint density at radius 3 is 2.39 bits per heavy atom. The van der Waals surface area contributed by atoms with Gasteiger partial charge in [-0.2, -0.15) is 0 Å². The first-order valence-electron chi connectivity index (χ1n) is 8.11. The van der Waals surface area contributed by atoms with Crippen molar-refractivity contribution < 1.29 is 22.7 Å². The number of ether oxygens (including phenoxy) is 1. The number of sulfonamides is 1. The van der Waals surface area contributed by atoms with Gasteiger partial charge in [0.1, 0.15) is 6.54 Å². The van der Waals surface area contributed by atoms with Crippen molar-refractivity contribution in [2.45, 2.75) is 6.92 Å². The molecule has 0 fully saturated rings. The summed E-state index contributed by atoms with van der Waals surface area (Å²) in [6.07, 6.45) is 1.02. The van der Waals surface area contributed by atoms with E-state index in [9.17, 15) is 18.0 Å². The monoisotopic (exact) mass is 488 g/mol. The van der Waals surface area contributed by atoms with Crippen LogP contribution >= 0.6 is 27.5 Å². The zero-order chi connectivity index (χ0) is 20.9. The number of carbonyl (C=O) groups excluding carboxylic acids is 2. The molecule has 2 rings (SSSR count). The minimum absolute atomic E-state index is 0.106. The van der Waals surface area contributed by atoms with Gasteiger partial charge in [0.15, 0.2) is 0 Å². The molecular weight excluding hydrogens is 472 g/mol. The van der Waals surface area contributed by atoms with Crippen molar-refractivity contribution in [3.63, 3.8) is 0 Å². The molecule has 0 aromatic heterocycles. The van der Waals surface area contributed by atoms with Crippen LogP contribution in [0.5, 0.6) is 0 Å². The summed E-state index contributed by atoms with van der Waals surface area (Å²) in [5, 5.41) is 2.75. The van der Waals surface area contributed by atoms with E-state index in [0.717, 1.165) is 15.0 Å². The van der Waals surface area contributed by atoms with Crippen molar-refractivity contribution in [1.29, 1.82) is 0 Å². The Balaban J connectivity index is 2.20. The first kappa shape index (κ1) is 22.2. The minimum Gasteiger partial charge on any atom is -0.462 e. The summed E-state index contributed by atoms with van der Waals surface area (Å²) in [5.74, 6) is -1.19. The molecule has 2 aromatic rings. The Morgan fingerprint density at radius 1 is 1.18 bits per heavy atom. The van der Waals surface area contributed by atoms with Gasteiger partial charge in [-0.15, -0.1) is 0 Å². The van der Waals surface area contributed by atoms with E-state index in [-0.39, 0.29) is 17.2 Å². The molecule has 150 valence electrons. The van der Waals surface area contributed by atoms with Crippen LogP contribution in [-0.2, 0) is 19.6 Å². The molecule has 0 saturated heterocycles. The van der Waals surface area contributed by atoms with Crippen molar-refractivity contribution >= 4 is 60.8 Å². The molecule has 1 amide bonds. The van der Waals surface area contributed by atoms with Crippen LogP contribution in [0.4, 0.5) is 11.4 Å². The molecule has 10 heteroatoms. The fraction of sp³-hybridized carbons (Fsp3) is 0.222. The Hall–Kier alpha value is -2.10. The normalized spacial score (nSPS) is 11.0. The lowest BCUT2D eigenvalue weighted by Gasteiger charge is -2.22. The van der Waals surface area contributed by atoms with Crippen LogP contribution in [0.3, 0.4) is 0 Å². The molecule has 7 nitrogen and oxygen atoms in total. The zero-order valence-electron chi connectivity index (χ0n) is 15.1. The summed E-state index contributed by atoms with van der Waals surface area (Å²) >= 11 is 9.28. The highest BCUT2D eigenvalue weighted by atomic mass is 79.9. The number of esters is 1. The Bertz CT molecular complexity index is 980. The van der Waals surface area contributed by atoms with Crippen molar-refractivity contribution in [3.05, 3.63) is 57.5 Å². The number of amides is 1. The summed E-state index contributed by atoms with van der Waals surface area (Å²) in [6.45, 7) is 1.42. The van der Waals surface area contributed by atoms with E-state index in [2.05, 4.69) is 21.2 Å². The third-order valence-electron chi connectivity index (χ3n) is 3.55. The summed E-state index contributed by atoms with van der Waals surface area (Å²) in [5.41, 5.74) is 0.750. The highest BCUT2D eigenvalue weighted by Gasteiger charge is 2.21. The van der Waals surface area contributed by atoms with E-state index in [4.69, 9.17) is 16.3 Å². The molecule has 1 N–H and O–H groups in total. The van der Waals surface area contributed by atoms with E-state index < -0.39 is 28.4 Å². The molecule has 0 heterocycles. The van der Waals surface area contributed by atoms with Gasteiger partial charge in [-0.05, 0) is 49.4 Å². The van der Waals surface area contributed by atoms with Gasteiger partial charge in [-0.1, -0.05) is 27.5 Å². The molecule has 0 aliphatic carbocycles. The van der Waals surface area contributed by atoms with E-state index in [1.807, 2.05) is 0 Å². The highest BCUT2D eigenvalue weighted by molar-refractivity contribution is 9.10. The van der Waals surface area contributed by atoms with Gasteiger partial charge in [-0.3, -0.25) is 9.10 Å². The average Bonchev–Trinajstić information content (AvgIpc) is 2.61.